The first-order valence-corrected chi connectivity index (χ1v) is 7.27. The summed E-state index contributed by atoms with van der Waals surface area (Å²) in [5, 5.41) is 0.466. The van der Waals surface area contributed by atoms with Crippen LogP contribution >= 0.6 is 11.6 Å². The quantitative estimate of drug-likeness (QED) is 0.680. The summed E-state index contributed by atoms with van der Waals surface area (Å²) in [6.07, 6.45) is 7.52. The number of halogens is 1. The van der Waals surface area contributed by atoms with Crippen LogP contribution in [0.4, 0.5) is 0 Å². The molecule has 106 valence electrons. The lowest BCUT2D eigenvalue weighted by Crippen LogP contribution is -2.02. The highest BCUT2D eigenvalue weighted by molar-refractivity contribution is 6.33. The lowest BCUT2D eigenvalue weighted by Gasteiger charge is -2.08. The number of allylic oxidation sites excluding steroid dienone is 1. The number of aliphatic imine (C=N–C) groups is 1. The van der Waals surface area contributed by atoms with Gasteiger partial charge in [0, 0.05) is 35.3 Å². The summed E-state index contributed by atoms with van der Waals surface area (Å²) in [5.41, 5.74) is 5.60. The molecule has 0 unspecified atom stereocenters. The van der Waals surface area contributed by atoms with E-state index in [1.54, 1.807) is 12.3 Å². The van der Waals surface area contributed by atoms with E-state index in [2.05, 4.69) is 26.0 Å². The Balaban J connectivity index is 1.80. The molecule has 22 heavy (non-hydrogen) atoms. The molecule has 4 nitrogen and oxygen atoms in total. The van der Waals surface area contributed by atoms with Crippen molar-refractivity contribution in [2.75, 3.05) is 6.54 Å². The minimum Gasteiger partial charge on any atom is -0.280 e. The molecule has 0 atom stereocenters. The zero-order valence-electron chi connectivity index (χ0n) is 11.6. The minimum absolute atomic E-state index is 0.466. The predicted molar refractivity (Wildman–Crippen MR) is 88.2 cm³/mol. The van der Waals surface area contributed by atoms with Crippen molar-refractivity contribution in [3.63, 3.8) is 0 Å². The normalized spacial score (nSPS) is 14.0. The van der Waals surface area contributed by atoms with Crippen LogP contribution in [0.5, 0.6) is 0 Å². The maximum atomic E-state index is 5.97. The molecular weight excluding hydrogens is 296 g/mol. The number of nitrogens with zero attached hydrogens (tertiary/aromatic N) is 4. The molecule has 0 saturated heterocycles. The first kappa shape index (κ1) is 13.1. The van der Waals surface area contributed by atoms with Gasteiger partial charge in [-0.05, 0) is 30.3 Å². The third kappa shape index (κ3) is 2.27. The Bertz CT molecular complexity index is 916. The number of rotatable bonds is 2. The van der Waals surface area contributed by atoms with E-state index < -0.39 is 0 Å². The van der Waals surface area contributed by atoms with Crippen LogP contribution < -0.4 is 0 Å². The topological polar surface area (TPSA) is 51.0 Å². The smallest absolute Gasteiger partial charge is 0.129 e. The lowest BCUT2D eigenvalue weighted by molar-refractivity contribution is 1.27. The Morgan fingerprint density at radius 1 is 1.00 bits per heavy atom. The first-order valence-electron chi connectivity index (χ1n) is 6.89. The lowest BCUT2D eigenvalue weighted by atomic mass is 9.99. The molecule has 1 aliphatic rings. The van der Waals surface area contributed by atoms with Crippen LogP contribution in [-0.4, -0.2) is 27.2 Å². The van der Waals surface area contributed by atoms with Crippen molar-refractivity contribution >= 4 is 33.9 Å². The molecule has 0 N–H and O–H groups in total. The summed E-state index contributed by atoms with van der Waals surface area (Å²) in [7, 11) is 0. The van der Waals surface area contributed by atoms with Crippen molar-refractivity contribution in [1.29, 1.82) is 0 Å². The highest BCUT2D eigenvalue weighted by atomic mass is 35.5. The molecule has 0 radical (unpaired) electrons. The summed E-state index contributed by atoms with van der Waals surface area (Å²) >= 11 is 5.97. The number of hydrogen-bond donors (Lipinski definition) is 0. The fourth-order valence-corrected chi connectivity index (χ4v) is 2.70. The van der Waals surface area contributed by atoms with E-state index in [4.69, 9.17) is 11.6 Å². The maximum absolute atomic E-state index is 5.97. The third-order valence-electron chi connectivity index (χ3n) is 3.55. The Morgan fingerprint density at radius 2 is 1.95 bits per heavy atom. The fourth-order valence-electron chi connectivity index (χ4n) is 2.54. The van der Waals surface area contributed by atoms with Gasteiger partial charge in [-0.1, -0.05) is 17.7 Å². The second kappa shape index (κ2) is 5.31. The highest BCUT2D eigenvalue weighted by Gasteiger charge is 2.17. The fraction of sp³-hybridized carbons (Fsp3) is 0.0588. The van der Waals surface area contributed by atoms with Crippen LogP contribution in [0.2, 0.25) is 5.15 Å². The van der Waals surface area contributed by atoms with Gasteiger partial charge >= 0.3 is 0 Å². The summed E-state index contributed by atoms with van der Waals surface area (Å²) in [6, 6.07) is 9.53. The molecule has 4 rings (SSSR count). The van der Waals surface area contributed by atoms with Crippen LogP contribution in [-0.2, 0) is 0 Å². The molecule has 0 fully saturated rings. The van der Waals surface area contributed by atoms with Crippen LogP contribution in [0.25, 0.3) is 16.6 Å². The van der Waals surface area contributed by atoms with E-state index in [-0.39, 0.29) is 0 Å². The monoisotopic (exact) mass is 306 g/mol. The van der Waals surface area contributed by atoms with Gasteiger partial charge < -0.3 is 0 Å². The van der Waals surface area contributed by atoms with E-state index in [1.165, 1.54) is 0 Å². The molecule has 4 heterocycles. The van der Waals surface area contributed by atoms with Crippen molar-refractivity contribution in [3.05, 3.63) is 71.3 Å². The molecule has 5 heteroatoms. The second-order valence-electron chi connectivity index (χ2n) is 4.95. The van der Waals surface area contributed by atoms with Gasteiger partial charge in [0.2, 0.25) is 0 Å². The number of hydrogen-bond acceptors (Lipinski definition) is 4. The Morgan fingerprint density at radius 3 is 2.82 bits per heavy atom. The molecule has 0 aromatic carbocycles. The van der Waals surface area contributed by atoms with E-state index in [9.17, 15) is 0 Å². The van der Waals surface area contributed by atoms with E-state index in [1.807, 2.05) is 36.7 Å². The second-order valence-corrected chi connectivity index (χ2v) is 5.33. The summed E-state index contributed by atoms with van der Waals surface area (Å²) in [5.74, 6) is 0. The zero-order valence-corrected chi connectivity index (χ0v) is 12.3. The Hall–Kier alpha value is -2.59. The highest BCUT2D eigenvalue weighted by Crippen LogP contribution is 2.26. The van der Waals surface area contributed by atoms with Crippen molar-refractivity contribution < 1.29 is 0 Å². The van der Waals surface area contributed by atoms with Gasteiger partial charge in [0.05, 0.1) is 23.3 Å². The van der Waals surface area contributed by atoms with Gasteiger partial charge in [0.15, 0.2) is 0 Å². The van der Waals surface area contributed by atoms with Crippen LogP contribution in [0, 0.1) is 0 Å². The van der Waals surface area contributed by atoms with E-state index in [0.717, 1.165) is 33.4 Å². The minimum atomic E-state index is 0.466. The molecule has 1 aliphatic heterocycles. The molecule has 3 aromatic rings. The Kier molecular flexibility index (Phi) is 3.16. The number of pyridine rings is 3. The van der Waals surface area contributed by atoms with Gasteiger partial charge in [-0.25, -0.2) is 4.98 Å². The van der Waals surface area contributed by atoms with Crippen LogP contribution in [0.1, 0.15) is 11.1 Å². The van der Waals surface area contributed by atoms with Crippen LogP contribution in [0.3, 0.4) is 0 Å². The molecule has 0 amide bonds. The predicted octanol–water partition coefficient (Wildman–Crippen LogP) is 3.56. The van der Waals surface area contributed by atoms with Crippen molar-refractivity contribution in [2.45, 2.75) is 0 Å². The average Bonchev–Trinajstić information content (AvgIpc) is 3.04. The molecular formula is C17H11ClN4. The average molecular weight is 307 g/mol. The van der Waals surface area contributed by atoms with Crippen molar-refractivity contribution in [2.24, 2.45) is 4.99 Å². The summed E-state index contributed by atoms with van der Waals surface area (Å²) < 4.78 is 0. The maximum Gasteiger partial charge on any atom is 0.129 e. The Labute approximate surface area is 132 Å². The van der Waals surface area contributed by atoms with Crippen molar-refractivity contribution in [1.82, 2.24) is 15.0 Å². The third-order valence-corrected chi connectivity index (χ3v) is 3.76. The molecule has 0 saturated carbocycles. The zero-order chi connectivity index (χ0) is 14.9. The first-order chi connectivity index (χ1) is 10.8. The molecule has 0 bridgehead atoms. The van der Waals surface area contributed by atoms with Gasteiger partial charge in [0.25, 0.3) is 0 Å². The standard InChI is InChI=1S/C17H11ClN4/c18-16-4-3-14-15(22-16)8-12(10-21-14)13-5-7-20-17(13)11-2-1-6-19-9-11/h1-6,8-10H,7H2. The van der Waals surface area contributed by atoms with E-state index >= 15 is 0 Å². The molecule has 0 aliphatic carbocycles. The van der Waals surface area contributed by atoms with Gasteiger partial charge in [0.1, 0.15) is 5.15 Å². The molecule has 0 spiro atoms. The number of fused-ring (bicyclic) bond motifs is 1. The van der Waals surface area contributed by atoms with Gasteiger partial charge in [-0.3, -0.25) is 15.0 Å². The van der Waals surface area contributed by atoms with Gasteiger partial charge in [-0.2, -0.15) is 0 Å². The molecule has 3 aromatic heterocycles. The SMILES string of the molecule is Clc1ccc2ncc(C3=CCN=C3c3cccnc3)cc2n1. The van der Waals surface area contributed by atoms with Gasteiger partial charge in [-0.15, -0.1) is 0 Å². The van der Waals surface area contributed by atoms with Crippen molar-refractivity contribution in [3.8, 4) is 0 Å². The summed E-state index contributed by atoms with van der Waals surface area (Å²) in [6.45, 7) is 0.667. The number of aromatic nitrogens is 3. The summed E-state index contributed by atoms with van der Waals surface area (Å²) in [4.78, 5) is 17.5. The largest absolute Gasteiger partial charge is 0.280 e. The van der Waals surface area contributed by atoms with Crippen LogP contribution in [0.15, 0.2) is 60.0 Å². The van der Waals surface area contributed by atoms with E-state index in [0.29, 0.717) is 11.7 Å².